The van der Waals surface area contributed by atoms with Crippen molar-refractivity contribution < 1.29 is 18.8 Å². The molecule has 0 unspecified atom stereocenters. The Bertz CT molecular complexity index is 1360. The molecule has 1 N–H and O–H groups in total. The summed E-state index contributed by atoms with van der Waals surface area (Å²) in [6, 6.07) is 29.1. The van der Waals surface area contributed by atoms with Crippen molar-refractivity contribution in [3.05, 3.63) is 101 Å². The van der Waals surface area contributed by atoms with E-state index < -0.39 is 6.04 Å². The van der Waals surface area contributed by atoms with Crippen molar-refractivity contribution in [1.82, 2.24) is 0 Å². The van der Waals surface area contributed by atoms with Crippen LogP contribution in [0.3, 0.4) is 0 Å². The average Bonchev–Trinajstić information content (AvgIpc) is 3.38. The number of nitrogens with zero attached hydrogens (tertiary/aromatic N) is 1. The minimum absolute atomic E-state index is 0.172. The number of Topliss-reactive ketones (excluding diaryl/α,β-unsaturated/α-hetero) is 1. The molecule has 3 aromatic carbocycles. The van der Waals surface area contributed by atoms with E-state index in [0.29, 0.717) is 23.5 Å². The fourth-order valence-corrected chi connectivity index (χ4v) is 6.91. The molecular weight excluding hydrogens is 480 g/mol. The zero-order valence-corrected chi connectivity index (χ0v) is 21.5. The number of anilines is 1. The topological polar surface area (TPSA) is 55.4 Å². The van der Waals surface area contributed by atoms with Crippen LogP contribution in [0.1, 0.15) is 34.1 Å². The number of fused-ring (bicyclic) bond motifs is 4. The third-order valence-electron chi connectivity index (χ3n) is 7.94. The Labute approximate surface area is 221 Å². The van der Waals surface area contributed by atoms with Crippen LogP contribution in [-0.2, 0) is 9.53 Å². The number of hydrogen-bond acceptors (Lipinski definition) is 5. The molecule has 3 saturated heterocycles. The maximum absolute atomic E-state index is 13.6. The lowest BCUT2D eigenvalue weighted by Gasteiger charge is -2.51. The minimum Gasteiger partial charge on any atom is -0.454 e. The summed E-state index contributed by atoms with van der Waals surface area (Å²) in [5.74, 6) is 0.291. The summed E-state index contributed by atoms with van der Waals surface area (Å²) in [6.07, 6.45) is 1.80. The van der Waals surface area contributed by atoms with E-state index in [1.807, 2.05) is 78.9 Å². The van der Waals surface area contributed by atoms with Crippen molar-refractivity contribution >= 4 is 38.9 Å². The van der Waals surface area contributed by atoms with Gasteiger partial charge in [-0.3, -0.25) is 4.79 Å². The predicted molar refractivity (Wildman–Crippen MR) is 148 cm³/mol. The van der Waals surface area contributed by atoms with Gasteiger partial charge >= 0.3 is 5.97 Å². The fourth-order valence-electron chi connectivity index (χ4n) is 5.92. The van der Waals surface area contributed by atoms with E-state index in [1.165, 1.54) is 0 Å². The van der Waals surface area contributed by atoms with E-state index in [0.717, 1.165) is 52.1 Å². The molecular formula is C31H31N2O3S+. The van der Waals surface area contributed by atoms with Crippen molar-refractivity contribution in [3.8, 4) is 0 Å². The molecule has 37 heavy (non-hydrogen) atoms. The quantitative estimate of drug-likeness (QED) is 0.177. The highest BCUT2D eigenvalue weighted by Gasteiger charge is 2.49. The SMILES string of the molecule is O=C(C[N+]12CCC(CC1)[C@@H](OC(=O)[C@H](Nc1ccccc1)c1ccccc1)C2)c1cc2ccccc2s1. The van der Waals surface area contributed by atoms with E-state index in [1.54, 1.807) is 11.3 Å². The van der Waals surface area contributed by atoms with Crippen molar-refractivity contribution in [3.63, 3.8) is 0 Å². The first-order valence-corrected chi connectivity index (χ1v) is 13.8. The monoisotopic (exact) mass is 511 g/mol. The number of piperidine rings is 3. The molecule has 0 aliphatic carbocycles. The Balaban J connectivity index is 1.18. The summed E-state index contributed by atoms with van der Waals surface area (Å²) in [4.78, 5) is 27.8. The summed E-state index contributed by atoms with van der Waals surface area (Å²) in [6.45, 7) is 3.12. The molecule has 2 atom stereocenters. The van der Waals surface area contributed by atoms with Gasteiger partial charge in [0.05, 0.1) is 18.0 Å². The number of quaternary nitrogens is 1. The van der Waals surface area contributed by atoms with Gasteiger partial charge in [-0.1, -0.05) is 66.7 Å². The van der Waals surface area contributed by atoms with E-state index in [9.17, 15) is 9.59 Å². The molecule has 2 bridgehead atoms. The number of carbonyl (C=O) groups is 2. The van der Waals surface area contributed by atoms with Gasteiger partial charge in [-0.15, -0.1) is 11.3 Å². The first kappa shape index (κ1) is 23.9. The summed E-state index contributed by atoms with van der Waals surface area (Å²) < 4.78 is 8.11. The highest BCUT2D eigenvalue weighted by atomic mass is 32.1. The van der Waals surface area contributed by atoms with Gasteiger partial charge in [0.25, 0.3) is 0 Å². The Hall–Kier alpha value is -3.48. The maximum atomic E-state index is 13.6. The van der Waals surface area contributed by atoms with Crippen LogP contribution in [-0.4, -0.2) is 48.5 Å². The largest absolute Gasteiger partial charge is 0.454 e. The highest BCUT2D eigenvalue weighted by Crippen LogP contribution is 2.37. The molecule has 0 amide bonds. The van der Waals surface area contributed by atoms with E-state index in [2.05, 4.69) is 17.4 Å². The van der Waals surface area contributed by atoms with Crippen LogP contribution in [0.5, 0.6) is 0 Å². The molecule has 4 heterocycles. The van der Waals surface area contributed by atoms with Crippen LogP contribution < -0.4 is 5.32 Å². The first-order chi connectivity index (χ1) is 18.1. The lowest BCUT2D eigenvalue weighted by Crippen LogP contribution is -2.65. The van der Waals surface area contributed by atoms with Gasteiger partial charge in [-0.25, -0.2) is 4.79 Å². The van der Waals surface area contributed by atoms with Gasteiger partial charge < -0.3 is 14.5 Å². The molecule has 3 aliphatic rings. The van der Waals surface area contributed by atoms with Gasteiger partial charge in [0.15, 0.2) is 12.1 Å². The molecule has 0 spiro atoms. The maximum Gasteiger partial charge on any atom is 0.333 e. The molecule has 5 nitrogen and oxygen atoms in total. The minimum atomic E-state index is -0.590. The highest BCUT2D eigenvalue weighted by molar-refractivity contribution is 7.20. The molecule has 4 aromatic rings. The second-order valence-electron chi connectivity index (χ2n) is 10.4. The van der Waals surface area contributed by atoms with Crippen molar-refractivity contribution in [2.45, 2.75) is 25.0 Å². The zero-order valence-electron chi connectivity index (χ0n) is 20.7. The summed E-state index contributed by atoms with van der Waals surface area (Å²) in [7, 11) is 0. The Kier molecular flexibility index (Phi) is 6.53. The number of rotatable bonds is 8. The van der Waals surface area contributed by atoms with Crippen LogP contribution >= 0.6 is 11.3 Å². The molecule has 3 aliphatic heterocycles. The van der Waals surface area contributed by atoms with Crippen molar-refractivity contribution in [2.24, 2.45) is 5.92 Å². The lowest BCUT2D eigenvalue weighted by atomic mass is 9.83. The third-order valence-corrected chi connectivity index (χ3v) is 9.10. The molecule has 3 fully saturated rings. The lowest BCUT2D eigenvalue weighted by molar-refractivity contribution is -0.938. The number of ketones is 1. The third kappa shape index (κ3) is 5.04. The smallest absolute Gasteiger partial charge is 0.333 e. The number of thiophene rings is 1. The van der Waals surface area contributed by atoms with Gasteiger partial charge in [-0.05, 0) is 35.2 Å². The van der Waals surface area contributed by atoms with Gasteiger partial charge in [0, 0.05) is 29.1 Å². The van der Waals surface area contributed by atoms with Crippen molar-refractivity contribution in [1.29, 1.82) is 0 Å². The zero-order chi connectivity index (χ0) is 25.2. The Morgan fingerprint density at radius 2 is 1.59 bits per heavy atom. The van der Waals surface area contributed by atoms with Crippen LogP contribution in [0.4, 0.5) is 5.69 Å². The number of para-hydroxylation sites is 1. The molecule has 0 saturated carbocycles. The summed E-state index contributed by atoms with van der Waals surface area (Å²) in [5, 5.41) is 4.50. The van der Waals surface area contributed by atoms with Crippen LogP contribution in [0.15, 0.2) is 91.0 Å². The fraction of sp³-hybridized carbons (Fsp3) is 0.290. The number of nitrogens with one attached hydrogen (secondary N) is 1. The van der Waals surface area contributed by atoms with Crippen LogP contribution in [0.25, 0.3) is 10.1 Å². The normalized spacial score (nSPS) is 23.5. The Morgan fingerprint density at radius 1 is 0.919 bits per heavy atom. The number of esters is 1. The number of ether oxygens (including phenoxy) is 1. The van der Waals surface area contributed by atoms with Gasteiger partial charge in [-0.2, -0.15) is 0 Å². The van der Waals surface area contributed by atoms with E-state index in [-0.39, 0.29) is 17.9 Å². The second-order valence-corrected chi connectivity index (χ2v) is 11.5. The molecule has 188 valence electrons. The first-order valence-electron chi connectivity index (χ1n) is 13.0. The number of hydrogen-bond donors (Lipinski definition) is 1. The summed E-state index contributed by atoms with van der Waals surface area (Å²) in [5.41, 5.74) is 1.75. The Morgan fingerprint density at radius 3 is 2.32 bits per heavy atom. The van der Waals surface area contributed by atoms with Gasteiger partial charge in [0.2, 0.25) is 5.78 Å². The number of carbonyl (C=O) groups excluding carboxylic acids is 2. The van der Waals surface area contributed by atoms with Crippen LogP contribution in [0.2, 0.25) is 0 Å². The van der Waals surface area contributed by atoms with E-state index in [4.69, 9.17) is 4.74 Å². The predicted octanol–water partition coefficient (Wildman–Crippen LogP) is 6.09. The number of benzene rings is 3. The second kappa shape index (κ2) is 10.1. The van der Waals surface area contributed by atoms with Crippen molar-refractivity contribution in [2.75, 3.05) is 31.5 Å². The molecule has 0 radical (unpaired) electrons. The summed E-state index contributed by atoms with van der Waals surface area (Å²) >= 11 is 1.58. The van der Waals surface area contributed by atoms with E-state index >= 15 is 0 Å². The van der Waals surface area contributed by atoms with Crippen LogP contribution in [0, 0.1) is 5.92 Å². The molecule has 1 aromatic heterocycles. The van der Waals surface area contributed by atoms with Gasteiger partial charge in [0.1, 0.15) is 13.1 Å². The molecule has 7 rings (SSSR count). The average molecular weight is 512 g/mol. The molecule has 6 heteroatoms. The standard InChI is InChI=1S/C31H31N2O3S/c34-26(29-19-24-11-7-8-14-28(24)37-29)20-33-17-15-22(16-18-33)27(21-33)36-31(35)30(23-9-3-1-4-10-23)32-25-12-5-2-6-13-25/h1-14,19,22,27,30,32H,15-18,20-21H2/q+1/t22?,27-,30+,33?/m0/s1.